The van der Waals surface area contributed by atoms with Gasteiger partial charge < -0.3 is 4.90 Å². The summed E-state index contributed by atoms with van der Waals surface area (Å²) >= 11 is 3.18. The number of thioether (sulfide) groups is 1. The van der Waals surface area contributed by atoms with E-state index in [-0.39, 0.29) is 5.91 Å². The summed E-state index contributed by atoms with van der Waals surface area (Å²) in [6, 6.07) is 8.31. The zero-order valence-corrected chi connectivity index (χ0v) is 13.8. The third kappa shape index (κ3) is 3.41. The number of amides is 1. The third-order valence-electron chi connectivity index (χ3n) is 3.02. The average Bonchev–Trinajstić information content (AvgIpc) is 2.77. The van der Waals surface area contributed by atoms with E-state index >= 15 is 0 Å². The first-order valence-electron chi connectivity index (χ1n) is 6.33. The molecule has 0 aliphatic heterocycles. The number of thiazole rings is 1. The summed E-state index contributed by atoms with van der Waals surface area (Å²) in [6.45, 7) is 4.43. The van der Waals surface area contributed by atoms with Crippen molar-refractivity contribution in [2.24, 2.45) is 0 Å². The first kappa shape index (κ1) is 15.1. The largest absolute Gasteiger partial charge is 0.337 e. The topological polar surface area (TPSA) is 33.2 Å². The van der Waals surface area contributed by atoms with Crippen LogP contribution in [0, 0.1) is 13.8 Å². The number of benzene rings is 1. The van der Waals surface area contributed by atoms with E-state index in [0.29, 0.717) is 6.54 Å². The predicted molar refractivity (Wildman–Crippen MR) is 85.6 cm³/mol. The molecule has 0 N–H and O–H groups in total. The molecule has 0 bridgehead atoms. The number of nitrogens with zero attached hydrogens (tertiary/aromatic N) is 2. The van der Waals surface area contributed by atoms with E-state index in [1.807, 2.05) is 20.9 Å². The van der Waals surface area contributed by atoms with E-state index in [2.05, 4.69) is 35.5 Å². The molecule has 0 fully saturated rings. The Kier molecular flexibility index (Phi) is 4.83. The Morgan fingerprint density at radius 2 is 1.95 bits per heavy atom. The Bertz CT molecular complexity index is 605. The van der Waals surface area contributed by atoms with Gasteiger partial charge in [0, 0.05) is 18.5 Å². The van der Waals surface area contributed by atoms with Gasteiger partial charge in [0.15, 0.2) is 0 Å². The molecule has 5 heteroatoms. The molecule has 0 unspecified atom stereocenters. The molecule has 0 radical (unpaired) electrons. The van der Waals surface area contributed by atoms with Crippen LogP contribution in [0.25, 0.3) is 0 Å². The Labute approximate surface area is 128 Å². The molecule has 1 aromatic carbocycles. The summed E-state index contributed by atoms with van der Waals surface area (Å²) in [7, 11) is 1.83. The first-order valence-corrected chi connectivity index (χ1v) is 8.38. The van der Waals surface area contributed by atoms with Gasteiger partial charge in [0.25, 0.3) is 5.91 Å². The summed E-state index contributed by atoms with van der Waals surface area (Å²) in [6.07, 6.45) is 2.06. The number of hydrogen-bond donors (Lipinski definition) is 0. The van der Waals surface area contributed by atoms with Crippen molar-refractivity contribution in [2.75, 3.05) is 13.3 Å². The molecule has 2 aromatic rings. The van der Waals surface area contributed by atoms with E-state index in [0.717, 1.165) is 21.1 Å². The minimum absolute atomic E-state index is 0.0436. The van der Waals surface area contributed by atoms with Crippen LogP contribution in [0.1, 0.15) is 25.9 Å². The molecule has 0 aliphatic carbocycles. The molecule has 2 rings (SSSR count). The highest BCUT2D eigenvalue weighted by Crippen LogP contribution is 2.20. The quantitative estimate of drug-likeness (QED) is 0.807. The van der Waals surface area contributed by atoms with Gasteiger partial charge in [0.05, 0.1) is 10.7 Å². The lowest BCUT2D eigenvalue weighted by atomic mass is 10.2. The van der Waals surface area contributed by atoms with Gasteiger partial charge in [-0.1, -0.05) is 12.1 Å². The maximum Gasteiger partial charge on any atom is 0.265 e. The van der Waals surface area contributed by atoms with Gasteiger partial charge in [-0.2, -0.15) is 0 Å². The second-order valence-corrected chi connectivity index (χ2v) is 6.74. The van der Waals surface area contributed by atoms with Crippen LogP contribution >= 0.6 is 23.1 Å². The summed E-state index contributed by atoms with van der Waals surface area (Å²) in [4.78, 5) is 20.4. The zero-order chi connectivity index (χ0) is 14.7. The molecule has 0 atom stereocenters. The van der Waals surface area contributed by atoms with Crippen molar-refractivity contribution in [3.8, 4) is 0 Å². The maximum atomic E-state index is 12.4. The molecular formula is C15H18N2OS2. The van der Waals surface area contributed by atoms with Gasteiger partial charge in [-0.3, -0.25) is 4.79 Å². The van der Waals surface area contributed by atoms with E-state index in [4.69, 9.17) is 0 Å². The fraction of sp³-hybridized carbons (Fsp3) is 0.333. The molecule has 20 heavy (non-hydrogen) atoms. The van der Waals surface area contributed by atoms with Crippen LogP contribution in [0.2, 0.25) is 0 Å². The van der Waals surface area contributed by atoms with E-state index < -0.39 is 0 Å². The number of aromatic nitrogens is 1. The summed E-state index contributed by atoms with van der Waals surface area (Å²) in [5.41, 5.74) is 1.96. The maximum absolute atomic E-state index is 12.4. The van der Waals surface area contributed by atoms with Crippen molar-refractivity contribution in [1.82, 2.24) is 9.88 Å². The van der Waals surface area contributed by atoms with Gasteiger partial charge >= 0.3 is 0 Å². The third-order valence-corrected chi connectivity index (χ3v) is 4.83. The second kappa shape index (κ2) is 6.41. The summed E-state index contributed by atoms with van der Waals surface area (Å²) < 4.78 is 0. The van der Waals surface area contributed by atoms with Crippen molar-refractivity contribution < 1.29 is 4.79 Å². The van der Waals surface area contributed by atoms with Crippen LogP contribution < -0.4 is 0 Å². The van der Waals surface area contributed by atoms with E-state index in [1.165, 1.54) is 16.2 Å². The standard InChI is InChI=1S/C15H18N2OS2/c1-10-14(20-11(2)16-10)15(18)17(3)9-12-5-7-13(19-4)8-6-12/h5-8H,9H2,1-4H3. The second-order valence-electron chi connectivity index (χ2n) is 4.66. The molecule has 0 aliphatic rings. The van der Waals surface area contributed by atoms with Gasteiger partial charge in [-0.05, 0) is 37.8 Å². The van der Waals surface area contributed by atoms with Gasteiger partial charge in [0.1, 0.15) is 4.88 Å². The summed E-state index contributed by atoms with van der Waals surface area (Å²) in [5.74, 6) is 0.0436. The predicted octanol–water partition coefficient (Wildman–Crippen LogP) is 3.75. The molecule has 3 nitrogen and oxygen atoms in total. The van der Waals surface area contributed by atoms with Crippen LogP contribution in [0.3, 0.4) is 0 Å². The first-order chi connectivity index (χ1) is 9.51. The number of carbonyl (C=O) groups excluding carboxylic acids is 1. The minimum atomic E-state index is 0.0436. The molecule has 1 amide bonds. The van der Waals surface area contributed by atoms with E-state index in [1.54, 1.807) is 16.7 Å². The Morgan fingerprint density at radius 3 is 2.45 bits per heavy atom. The van der Waals surface area contributed by atoms with Crippen LogP contribution in [-0.2, 0) is 6.54 Å². The van der Waals surface area contributed by atoms with Gasteiger partial charge in [-0.15, -0.1) is 23.1 Å². The Balaban J connectivity index is 2.09. The minimum Gasteiger partial charge on any atom is -0.337 e. The number of hydrogen-bond acceptors (Lipinski definition) is 4. The molecule has 0 saturated carbocycles. The number of carbonyl (C=O) groups is 1. The molecule has 106 valence electrons. The summed E-state index contributed by atoms with van der Waals surface area (Å²) in [5, 5.41) is 0.934. The van der Waals surface area contributed by atoms with Crippen LogP contribution in [0.5, 0.6) is 0 Å². The molecule has 0 saturated heterocycles. The fourth-order valence-corrected chi connectivity index (χ4v) is 3.30. The van der Waals surface area contributed by atoms with Crippen molar-refractivity contribution >= 4 is 29.0 Å². The van der Waals surface area contributed by atoms with Crippen LogP contribution in [0.4, 0.5) is 0 Å². The lowest BCUT2D eigenvalue weighted by Gasteiger charge is -2.16. The fourth-order valence-electron chi connectivity index (χ4n) is 1.98. The van der Waals surface area contributed by atoms with Gasteiger partial charge in [0.2, 0.25) is 0 Å². The van der Waals surface area contributed by atoms with Crippen molar-refractivity contribution in [1.29, 1.82) is 0 Å². The molecule has 1 aromatic heterocycles. The molecule has 1 heterocycles. The van der Waals surface area contributed by atoms with Gasteiger partial charge in [-0.25, -0.2) is 4.98 Å². The lowest BCUT2D eigenvalue weighted by Crippen LogP contribution is -2.26. The highest BCUT2D eigenvalue weighted by atomic mass is 32.2. The van der Waals surface area contributed by atoms with Crippen molar-refractivity contribution in [2.45, 2.75) is 25.3 Å². The highest BCUT2D eigenvalue weighted by molar-refractivity contribution is 7.98. The highest BCUT2D eigenvalue weighted by Gasteiger charge is 2.17. The number of rotatable bonds is 4. The Morgan fingerprint density at radius 1 is 1.30 bits per heavy atom. The number of aryl methyl sites for hydroxylation is 2. The average molecular weight is 306 g/mol. The SMILES string of the molecule is CSc1ccc(CN(C)C(=O)c2sc(C)nc2C)cc1. The Hall–Kier alpha value is -1.33. The van der Waals surface area contributed by atoms with Crippen molar-refractivity contribution in [3.05, 3.63) is 45.4 Å². The monoisotopic (exact) mass is 306 g/mol. The van der Waals surface area contributed by atoms with Crippen LogP contribution in [-0.4, -0.2) is 29.1 Å². The molecular weight excluding hydrogens is 288 g/mol. The zero-order valence-electron chi connectivity index (χ0n) is 12.1. The van der Waals surface area contributed by atoms with E-state index in [9.17, 15) is 4.79 Å². The lowest BCUT2D eigenvalue weighted by molar-refractivity contribution is 0.0789. The van der Waals surface area contributed by atoms with Crippen molar-refractivity contribution in [3.63, 3.8) is 0 Å². The molecule has 0 spiro atoms. The van der Waals surface area contributed by atoms with Crippen LogP contribution in [0.15, 0.2) is 29.2 Å². The normalized spacial score (nSPS) is 10.6. The smallest absolute Gasteiger partial charge is 0.265 e.